The first-order valence-corrected chi connectivity index (χ1v) is 7.72. The zero-order valence-electron chi connectivity index (χ0n) is 13.3. The van der Waals surface area contributed by atoms with Crippen LogP contribution in [0.3, 0.4) is 0 Å². The lowest BCUT2D eigenvalue weighted by atomic mass is 10.1. The van der Waals surface area contributed by atoms with Gasteiger partial charge in [0.1, 0.15) is 22.6 Å². The van der Waals surface area contributed by atoms with Crippen molar-refractivity contribution in [1.29, 1.82) is 0 Å². The lowest BCUT2D eigenvalue weighted by Gasteiger charge is -2.15. The first-order valence-electron chi connectivity index (χ1n) is 7.34. The molecule has 3 aromatic rings. The van der Waals surface area contributed by atoms with Crippen molar-refractivity contribution in [2.45, 2.75) is 13.5 Å². The smallest absolute Gasteiger partial charge is 0.134 e. The zero-order chi connectivity index (χ0) is 16.4. The molecule has 5 nitrogen and oxygen atoms in total. The predicted octanol–water partition coefficient (Wildman–Crippen LogP) is 3.66. The molecule has 1 N–H and O–H groups in total. The van der Waals surface area contributed by atoms with E-state index in [0.717, 1.165) is 28.1 Å². The minimum absolute atomic E-state index is 0.438. The third kappa shape index (κ3) is 3.51. The summed E-state index contributed by atoms with van der Waals surface area (Å²) in [5, 5.41) is 4.88. The van der Waals surface area contributed by atoms with E-state index in [1.54, 1.807) is 6.07 Å². The van der Waals surface area contributed by atoms with Crippen molar-refractivity contribution < 1.29 is 0 Å². The second-order valence-electron chi connectivity index (χ2n) is 5.53. The van der Waals surface area contributed by atoms with E-state index in [9.17, 15) is 0 Å². The fourth-order valence-electron chi connectivity index (χ4n) is 2.41. The molecule has 0 aliphatic carbocycles. The topological polar surface area (TPSA) is 53.9 Å². The van der Waals surface area contributed by atoms with Gasteiger partial charge in [0.15, 0.2) is 0 Å². The minimum Gasteiger partial charge on any atom is -0.366 e. The van der Waals surface area contributed by atoms with Crippen LogP contribution in [0.15, 0.2) is 36.4 Å². The highest BCUT2D eigenvalue weighted by Crippen LogP contribution is 2.23. The summed E-state index contributed by atoms with van der Waals surface area (Å²) in [5.41, 5.74) is 2.14. The van der Waals surface area contributed by atoms with E-state index in [-0.39, 0.29) is 0 Å². The maximum Gasteiger partial charge on any atom is 0.134 e. The highest BCUT2D eigenvalue weighted by molar-refractivity contribution is 6.29. The van der Waals surface area contributed by atoms with E-state index in [1.807, 2.05) is 44.1 Å². The number of rotatable bonds is 4. The standard InChI is InChI=1S/C17H18ClN5/c1-11-20-15(18)9-16(21-11)19-10-12-8-17(23(2)3)22-14-7-5-4-6-13(12)14/h4-9H,10H2,1-3H3,(H,19,20,21). The van der Waals surface area contributed by atoms with Crippen molar-refractivity contribution in [3.63, 3.8) is 0 Å². The Morgan fingerprint density at radius 1 is 1.09 bits per heavy atom. The van der Waals surface area contributed by atoms with E-state index >= 15 is 0 Å². The van der Waals surface area contributed by atoms with Gasteiger partial charge < -0.3 is 10.2 Å². The third-order valence-corrected chi connectivity index (χ3v) is 3.71. The summed E-state index contributed by atoms with van der Waals surface area (Å²) in [6, 6.07) is 11.9. The molecule has 0 unspecified atom stereocenters. The molecule has 0 aliphatic heterocycles. The predicted molar refractivity (Wildman–Crippen MR) is 95.2 cm³/mol. The Morgan fingerprint density at radius 3 is 2.61 bits per heavy atom. The van der Waals surface area contributed by atoms with Gasteiger partial charge in [-0.25, -0.2) is 15.0 Å². The number of aromatic nitrogens is 3. The quantitative estimate of drug-likeness (QED) is 0.741. The van der Waals surface area contributed by atoms with Crippen molar-refractivity contribution in [2.75, 3.05) is 24.3 Å². The van der Waals surface area contributed by atoms with Crippen LogP contribution in [0.5, 0.6) is 0 Å². The van der Waals surface area contributed by atoms with Gasteiger partial charge in [0.2, 0.25) is 0 Å². The lowest BCUT2D eigenvalue weighted by molar-refractivity contribution is 1.02. The Labute approximate surface area is 140 Å². The van der Waals surface area contributed by atoms with E-state index in [2.05, 4.69) is 32.4 Å². The van der Waals surface area contributed by atoms with E-state index in [1.165, 1.54) is 0 Å². The summed E-state index contributed by atoms with van der Waals surface area (Å²) in [7, 11) is 3.98. The van der Waals surface area contributed by atoms with Gasteiger partial charge in [0.05, 0.1) is 5.52 Å². The van der Waals surface area contributed by atoms with Crippen LogP contribution in [-0.2, 0) is 6.54 Å². The molecule has 0 saturated carbocycles. The molecule has 0 fully saturated rings. The summed E-state index contributed by atoms with van der Waals surface area (Å²) in [4.78, 5) is 15.1. The van der Waals surface area contributed by atoms with Crippen LogP contribution in [-0.4, -0.2) is 29.0 Å². The van der Waals surface area contributed by atoms with Crippen molar-refractivity contribution in [3.8, 4) is 0 Å². The molecular weight excluding hydrogens is 310 g/mol. The van der Waals surface area contributed by atoms with Crippen molar-refractivity contribution in [2.24, 2.45) is 0 Å². The first kappa shape index (κ1) is 15.5. The molecule has 0 aliphatic rings. The summed E-state index contributed by atoms with van der Waals surface area (Å²) in [6.45, 7) is 2.46. The van der Waals surface area contributed by atoms with Crippen molar-refractivity contribution >= 4 is 34.1 Å². The molecule has 0 amide bonds. The molecule has 2 heterocycles. The molecule has 0 saturated heterocycles. The van der Waals surface area contributed by atoms with Crippen LogP contribution >= 0.6 is 11.6 Å². The Kier molecular flexibility index (Phi) is 4.30. The molecule has 6 heteroatoms. The Balaban J connectivity index is 1.95. The van der Waals surface area contributed by atoms with Crippen LogP contribution in [0.2, 0.25) is 5.15 Å². The van der Waals surface area contributed by atoms with Crippen LogP contribution in [0.4, 0.5) is 11.6 Å². The third-order valence-electron chi connectivity index (χ3n) is 3.51. The summed E-state index contributed by atoms with van der Waals surface area (Å²) in [6.07, 6.45) is 0. The number of benzene rings is 1. The maximum atomic E-state index is 5.99. The highest BCUT2D eigenvalue weighted by atomic mass is 35.5. The SMILES string of the molecule is Cc1nc(Cl)cc(NCc2cc(N(C)C)nc3ccccc23)n1. The number of hydrogen-bond donors (Lipinski definition) is 1. The van der Waals surface area contributed by atoms with Gasteiger partial charge in [-0.2, -0.15) is 0 Å². The van der Waals surface area contributed by atoms with Gasteiger partial charge in [-0.05, 0) is 24.6 Å². The maximum absolute atomic E-state index is 5.99. The lowest BCUT2D eigenvalue weighted by Crippen LogP contribution is -2.12. The fourth-order valence-corrected chi connectivity index (χ4v) is 2.64. The molecule has 2 aromatic heterocycles. The highest BCUT2D eigenvalue weighted by Gasteiger charge is 2.08. The molecule has 1 aromatic carbocycles. The second-order valence-corrected chi connectivity index (χ2v) is 5.92. The number of nitrogens with zero attached hydrogens (tertiary/aromatic N) is 4. The van der Waals surface area contributed by atoms with Crippen LogP contribution in [0.25, 0.3) is 10.9 Å². The molecular formula is C17H18ClN5. The van der Waals surface area contributed by atoms with Gasteiger partial charge in [0.25, 0.3) is 0 Å². The molecule has 118 valence electrons. The van der Waals surface area contributed by atoms with Gasteiger partial charge in [0, 0.05) is 32.1 Å². The molecule has 0 spiro atoms. The Bertz CT molecular complexity index is 827. The second kappa shape index (κ2) is 6.38. The van der Waals surface area contributed by atoms with Crippen LogP contribution < -0.4 is 10.2 Å². The van der Waals surface area contributed by atoms with Gasteiger partial charge in [-0.15, -0.1) is 0 Å². The number of aryl methyl sites for hydroxylation is 1. The fraction of sp³-hybridized carbons (Fsp3) is 0.235. The molecule has 0 bridgehead atoms. The minimum atomic E-state index is 0.438. The summed E-state index contributed by atoms with van der Waals surface area (Å²) < 4.78 is 0. The van der Waals surface area contributed by atoms with Crippen LogP contribution in [0, 0.1) is 6.92 Å². The van der Waals surface area contributed by atoms with Gasteiger partial charge in [-0.1, -0.05) is 29.8 Å². The van der Waals surface area contributed by atoms with E-state index in [0.29, 0.717) is 17.5 Å². The number of hydrogen-bond acceptors (Lipinski definition) is 5. The largest absolute Gasteiger partial charge is 0.366 e. The molecule has 23 heavy (non-hydrogen) atoms. The van der Waals surface area contributed by atoms with Crippen molar-refractivity contribution in [3.05, 3.63) is 52.9 Å². The number of halogens is 1. The molecule has 0 radical (unpaired) electrons. The number of fused-ring (bicyclic) bond motifs is 1. The average molecular weight is 328 g/mol. The van der Waals surface area contributed by atoms with Gasteiger partial charge in [-0.3, -0.25) is 0 Å². The van der Waals surface area contributed by atoms with E-state index < -0.39 is 0 Å². The van der Waals surface area contributed by atoms with Gasteiger partial charge >= 0.3 is 0 Å². The Hall–Kier alpha value is -2.40. The number of anilines is 2. The number of pyridine rings is 1. The molecule has 0 atom stereocenters. The monoisotopic (exact) mass is 327 g/mol. The number of para-hydroxylation sites is 1. The van der Waals surface area contributed by atoms with E-state index in [4.69, 9.17) is 11.6 Å². The molecule has 3 rings (SSSR count). The average Bonchev–Trinajstić information content (AvgIpc) is 2.51. The summed E-state index contributed by atoms with van der Waals surface area (Å²) >= 11 is 5.99. The zero-order valence-corrected chi connectivity index (χ0v) is 14.1. The number of nitrogens with one attached hydrogen (secondary N) is 1. The Morgan fingerprint density at radius 2 is 1.87 bits per heavy atom. The van der Waals surface area contributed by atoms with Crippen molar-refractivity contribution in [1.82, 2.24) is 15.0 Å². The van der Waals surface area contributed by atoms with Crippen LogP contribution in [0.1, 0.15) is 11.4 Å². The first-order chi connectivity index (χ1) is 11.0. The summed E-state index contributed by atoms with van der Waals surface area (Å²) in [5.74, 6) is 2.29. The normalized spacial score (nSPS) is 10.8.